The molecule has 1 aromatic rings. The van der Waals surface area contributed by atoms with Crippen molar-refractivity contribution in [3.8, 4) is 5.75 Å². The minimum absolute atomic E-state index is 0.284. The molecule has 0 spiro atoms. The Bertz CT molecular complexity index is 337. The van der Waals surface area contributed by atoms with E-state index >= 15 is 0 Å². The minimum atomic E-state index is 0.284. The van der Waals surface area contributed by atoms with Crippen molar-refractivity contribution in [2.24, 2.45) is 0 Å². The van der Waals surface area contributed by atoms with Gasteiger partial charge in [0.25, 0.3) is 0 Å². The first-order chi connectivity index (χ1) is 6.69. The first kappa shape index (κ1) is 11.3. The van der Waals surface area contributed by atoms with Crippen LogP contribution in [-0.4, -0.2) is 12.9 Å². The molecule has 0 N–H and O–H groups in total. The molecule has 0 saturated heterocycles. The lowest BCUT2D eigenvalue weighted by Gasteiger charge is -2.09. The van der Waals surface area contributed by atoms with E-state index in [0.29, 0.717) is 22.4 Å². The fourth-order valence-electron chi connectivity index (χ4n) is 1.11. The predicted molar refractivity (Wildman–Crippen MR) is 57.4 cm³/mol. The molecule has 0 fully saturated rings. The van der Waals surface area contributed by atoms with E-state index in [0.717, 1.165) is 11.8 Å². The van der Waals surface area contributed by atoms with Crippen molar-refractivity contribution in [3.05, 3.63) is 27.7 Å². The van der Waals surface area contributed by atoms with Crippen molar-refractivity contribution < 1.29 is 9.53 Å². The Morgan fingerprint density at radius 1 is 1.36 bits per heavy atom. The van der Waals surface area contributed by atoms with Gasteiger partial charge >= 0.3 is 0 Å². The summed E-state index contributed by atoms with van der Waals surface area (Å²) in [6.07, 6.45) is 1.09. The Labute approximate surface area is 92.8 Å². The summed E-state index contributed by atoms with van der Waals surface area (Å²) in [6, 6.07) is 3.29. The zero-order valence-corrected chi connectivity index (χ0v) is 9.23. The number of carbonyl (C=O) groups excluding carboxylic acids is 1. The number of aldehydes is 1. The highest BCUT2D eigenvalue weighted by molar-refractivity contribution is 6.42. The van der Waals surface area contributed by atoms with Crippen LogP contribution in [0.4, 0.5) is 0 Å². The SMILES string of the molecule is CCOc1cc(Cl)c(Cl)cc1CC=O. The van der Waals surface area contributed by atoms with Gasteiger partial charge in [-0.25, -0.2) is 0 Å². The number of carbonyl (C=O) groups is 1. The summed E-state index contributed by atoms with van der Waals surface area (Å²) in [5.41, 5.74) is 0.760. The second-order valence-electron chi connectivity index (χ2n) is 2.68. The Morgan fingerprint density at radius 2 is 2.00 bits per heavy atom. The lowest BCUT2D eigenvalue weighted by Crippen LogP contribution is -1.97. The van der Waals surface area contributed by atoms with Crippen LogP contribution in [0.2, 0.25) is 10.0 Å². The van der Waals surface area contributed by atoms with Gasteiger partial charge in [0, 0.05) is 18.1 Å². The average molecular weight is 233 g/mol. The fraction of sp³-hybridized carbons (Fsp3) is 0.300. The lowest BCUT2D eigenvalue weighted by molar-refractivity contribution is -0.107. The molecule has 0 aromatic heterocycles. The molecule has 0 aliphatic heterocycles. The van der Waals surface area contributed by atoms with Crippen LogP contribution in [0.1, 0.15) is 12.5 Å². The third-order valence-electron chi connectivity index (χ3n) is 1.71. The maximum atomic E-state index is 10.4. The van der Waals surface area contributed by atoms with Crippen LogP contribution < -0.4 is 4.74 Å². The molecule has 0 amide bonds. The molecule has 76 valence electrons. The zero-order valence-electron chi connectivity index (χ0n) is 7.72. The van der Waals surface area contributed by atoms with Gasteiger partial charge in [0.15, 0.2) is 0 Å². The lowest BCUT2D eigenvalue weighted by atomic mass is 10.1. The fourth-order valence-corrected chi connectivity index (χ4v) is 1.45. The molecule has 0 aliphatic rings. The van der Waals surface area contributed by atoms with Crippen LogP contribution in [0.15, 0.2) is 12.1 Å². The highest BCUT2D eigenvalue weighted by Gasteiger charge is 2.07. The number of hydrogen-bond acceptors (Lipinski definition) is 2. The smallest absolute Gasteiger partial charge is 0.124 e. The molecule has 4 heteroatoms. The summed E-state index contributed by atoms with van der Waals surface area (Å²) < 4.78 is 5.32. The number of hydrogen-bond donors (Lipinski definition) is 0. The standard InChI is InChI=1S/C10H10Cl2O2/c1-2-14-10-6-9(12)8(11)5-7(10)3-4-13/h4-6H,2-3H2,1H3. The molecule has 0 aliphatic carbocycles. The van der Waals surface area contributed by atoms with Crippen molar-refractivity contribution in [1.82, 2.24) is 0 Å². The Morgan fingerprint density at radius 3 is 2.57 bits per heavy atom. The normalized spacial score (nSPS) is 9.93. The molecule has 0 radical (unpaired) electrons. The van der Waals surface area contributed by atoms with E-state index in [1.54, 1.807) is 12.1 Å². The van der Waals surface area contributed by atoms with Gasteiger partial charge in [0.05, 0.1) is 16.7 Å². The van der Waals surface area contributed by atoms with Crippen molar-refractivity contribution in [2.75, 3.05) is 6.61 Å². The monoisotopic (exact) mass is 232 g/mol. The Hall–Kier alpha value is -0.730. The highest BCUT2D eigenvalue weighted by Crippen LogP contribution is 2.30. The van der Waals surface area contributed by atoms with Gasteiger partial charge in [0.1, 0.15) is 12.0 Å². The Balaban J connectivity index is 3.09. The van der Waals surface area contributed by atoms with Crippen molar-refractivity contribution in [2.45, 2.75) is 13.3 Å². The molecule has 0 atom stereocenters. The van der Waals surface area contributed by atoms with E-state index in [9.17, 15) is 4.79 Å². The van der Waals surface area contributed by atoms with Crippen LogP contribution in [-0.2, 0) is 11.2 Å². The van der Waals surface area contributed by atoms with Gasteiger partial charge in [-0.05, 0) is 13.0 Å². The minimum Gasteiger partial charge on any atom is -0.494 e. The quantitative estimate of drug-likeness (QED) is 0.746. The topological polar surface area (TPSA) is 26.3 Å². The average Bonchev–Trinajstić information content (AvgIpc) is 2.14. The van der Waals surface area contributed by atoms with Gasteiger partial charge in [-0.3, -0.25) is 0 Å². The largest absolute Gasteiger partial charge is 0.494 e. The number of halogens is 2. The molecule has 0 unspecified atom stereocenters. The van der Waals surface area contributed by atoms with Gasteiger partial charge in [-0.15, -0.1) is 0 Å². The summed E-state index contributed by atoms with van der Waals surface area (Å²) in [5, 5.41) is 0.872. The summed E-state index contributed by atoms with van der Waals surface area (Å²) in [7, 11) is 0. The molecule has 14 heavy (non-hydrogen) atoms. The third kappa shape index (κ3) is 2.63. The van der Waals surface area contributed by atoms with Gasteiger partial charge in [-0.2, -0.15) is 0 Å². The third-order valence-corrected chi connectivity index (χ3v) is 2.43. The van der Waals surface area contributed by atoms with E-state index < -0.39 is 0 Å². The van der Waals surface area contributed by atoms with Crippen molar-refractivity contribution in [1.29, 1.82) is 0 Å². The van der Waals surface area contributed by atoms with Crippen LogP contribution in [0.25, 0.3) is 0 Å². The van der Waals surface area contributed by atoms with Gasteiger partial charge in [0.2, 0.25) is 0 Å². The predicted octanol–water partition coefficient (Wildman–Crippen LogP) is 3.13. The van der Waals surface area contributed by atoms with Crippen LogP contribution >= 0.6 is 23.2 Å². The van der Waals surface area contributed by atoms with E-state index in [2.05, 4.69) is 0 Å². The van der Waals surface area contributed by atoms with Crippen molar-refractivity contribution in [3.63, 3.8) is 0 Å². The number of rotatable bonds is 4. The second kappa shape index (κ2) is 5.23. The van der Waals surface area contributed by atoms with E-state index in [-0.39, 0.29) is 6.42 Å². The molecule has 0 heterocycles. The second-order valence-corrected chi connectivity index (χ2v) is 3.49. The molecule has 2 nitrogen and oxygen atoms in total. The highest BCUT2D eigenvalue weighted by atomic mass is 35.5. The van der Waals surface area contributed by atoms with E-state index in [1.165, 1.54) is 0 Å². The first-order valence-electron chi connectivity index (χ1n) is 4.23. The summed E-state index contributed by atoms with van der Waals surface area (Å²) in [4.78, 5) is 10.4. The Kier molecular flexibility index (Phi) is 4.23. The maximum Gasteiger partial charge on any atom is 0.124 e. The molecule has 1 aromatic carbocycles. The number of benzene rings is 1. The first-order valence-corrected chi connectivity index (χ1v) is 4.99. The summed E-state index contributed by atoms with van der Waals surface area (Å²) in [6.45, 7) is 2.40. The summed E-state index contributed by atoms with van der Waals surface area (Å²) >= 11 is 11.6. The van der Waals surface area contributed by atoms with Crippen LogP contribution in [0, 0.1) is 0 Å². The number of ether oxygens (including phenoxy) is 1. The van der Waals surface area contributed by atoms with Gasteiger partial charge < -0.3 is 9.53 Å². The molecule has 1 rings (SSSR count). The summed E-state index contributed by atoms with van der Waals surface area (Å²) in [5.74, 6) is 0.619. The zero-order chi connectivity index (χ0) is 10.6. The van der Waals surface area contributed by atoms with Gasteiger partial charge in [-0.1, -0.05) is 23.2 Å². The van der Waals surface area contributed by atoms with E-state index in [4.69, 9.17) is 27.9 Å². The van der Waals surface area contributed by atoms with Crippen molar-refractivity contribution >= 4 is 29.5 Å². The van der Waals surface area contributed by atoms with E-state index in [1.807, 2.05) is 6.92 Å². The molecular weight excluding hydrogens is 223 g/mol. The molecule has 0 bridgehead atoms. The molecule has 0 saturated carbocycles. The van der Waals surface area contributed by atoms with Crippen LogP contribution in [0.5, 0.6) is 5.75 Å². The van der Waals surface area contributed by atoms with Crippen LogP contribution in [0.3, 0.4) is 0 Å². The maximum absolute atomic E-state index is 10.4. The molecular formula is C10H10Cl2O2.